The van der Waals surface area contributed by atoms with Crippen LogP contribution in [0.5, 0.6) is 0 Å². The fourth-order valence-corrected chi connectivity index (χ4v) is 2.71. The summed E-state index contributed by atoms with van der Waals surface area (Å²) in [6, 6.07) is 0. The largest absolute Gasteiger partial charge is 0.701 e. The van der Waals surface area contributed by atoms with Crippen molar-refractivity contribution in [2.24, 2.45) is 0 Å². The van der Waals surface area contributed by atoms with E-state index in [9.17, 15) is 9.36 Å². The predicted molar refractivity (Wildman–Crippen MR) is 87.7 cm³/mol. The standard InChI is InChI=1S/C16H32O5P/c1-4-6-8-10-12-14-19-22(18)21-16(20-15(3)17)13-11-9-7-5-2/h16H,4-14H2,1-3H3/q+1. The van der Waals surface area contributed by atoms with Gasteiger partial charge in [0.1, 0.15) is 6.61 Å². The molecule has 0 saturated heterocycles. The van der Waals surface area contributed by atoms with Crippen LogP contribution in [0.1, 0.15) is 85.0 Å². The Balaban J connectivity index is 3.86. The lowest BCUT2D eigenvalue weighted by molar-refractivity contribution is -0.162. The molecule has 0 rings (SSSR count). The fourth-order valence-electron chi connectivity index (χ4n) is 2.03. The third-order valence-electron chi connectivity index (χ3n) is 3.24. The molecule has 2 unspecified atom stereocenters. The molecular weight excluding hydrogens is 303 g/mol. The maximum absolute atomic E-state index is 11.7. The van der Waals surface area contributed by atoms with Crippen LogP contribution in [0, 0.1) is 0 Å². The second kappa shape index (κ2) is 15.4. The molecule has 0 amide bonds. The van der Waals surface area contributed by atoms with Crippen LogP contribution in [0.4, 0.5) is 0 Å². The van der Waals surface area contributed by atoms with Gasteiger partial charge in [0.15, 0.2) is 0 Å². The molecule has 6 heteroatoms. The second-order valence-corrected chi connectivity index (χ2v) is 6.38. The maximum atomic E-state index is 11.7. The zero-order valence-electron chi connectivity index (χ0n) is 14.3. The van der Waals surface area contributed by atoms with Crippen LogP contribution >= 0.6 is 8.25 Å². The molecule has 0 aliphatic carbocycles. The molecule has 0 aromatic heterocycles. The van der Waals surface area contributed by atoms with E-state index in [1.165, 1.54) is 26.2 Å². The summed E-state index contributed by atoms with van der Waals surface area (Å²) in [6.07, 6.45) is 9.51. The third kappa shape index (κ3) is 14.4. The Labute approximate surface area is 136 Å². The van der Waals surface area contributed by atoms with Crippen molar-refractivity contribution in [3.8, 4) is 0 Å². The van der Waals surface area contributed by atoms with E-state index in [1.807, 2.05) is 0 Å². The van der Waals surface area contributed by atoms with E-state index in [2.05, 4.69) is 13.8 Å². The number of hydrogen-bond donors (Lipinski definition) is 0. The van der Waals surface area contributed by atoms with Crippen molar-refractivity contribution in [1.82, 2.24) is 0 Å². The molecule has 0 aromatic rings. The number of hydrogen-bond acceptors (Lipinski definition) is 5. The van der Waals surface area contributed by atoms with Gasteiger partial charge in [-0.1, -0.05) is 63.3 Å². The monoisotopic (exact) mass is 335 g/mol. The van der Waals surface area contributed by atoms with Crippen LogP contribution in [0.25, 0.3) is 0 Å². The Morgan fingerprint density at radius 3 is 2.14 bits per heavy atom. The predicted octanol–water partition coefficient (Wildman–Crippen LogP) is 5.51. The van der Waals surface area contributed by atoms with Crippen LogP contribution in [0.2, 0.25) is 0 Å². The highest BCUT2D eigenvalue weighted by Gasteiger charge is 2.29. The SMILES string of the molecule is CCCCCCCO[P+](=O)OC(CCCCCC)OC(C)=O. The summed E-state index contributed by atoms with van der Waals surface area (Å²) < 4.78 is 27.1. The molecule has 2 atom stereocenters. The summed E-state index contributed by atoms with van der Waals surface area (Å²) in [5.74, 6) is -0.427. The molecule has 130 valence electrons. The van der Waals surface area contributed by atoms with Gasteiger partial charge in [-0.25, -0.2) is 0 Å². The maximum Gasteiger partial charge on any atom is 0.701 e. The molecule has 0 heterocycles. The first-order valence-corrected chi connectivity index (χ1v) is 9.63. The van der Waals surface area contributed by atoms with E-state index < -0.39 is 20.5 Å². The number of esters is 1. The number of ether oxygens (including phenoxy) is 1. The average Bonchev–Trinajstić information content (AvgIpc) is 2.46. The van der Waals surface area contributed by atoms with Crippen molar-refractivity contribution in [2.75, 3.05) is 6.61 Å². The van der Waals surface area contributed by atoms with Gasteiger partial charge in [0, 0.05) is 17.9 Å². The molecule has 0 N–H and O–H groups in total. The van der Waals surface area contributed by atoms with Crippen molar-refractivity contribution in [3.63, 3.8) is 0 Å². The molecule has 0 saturated carbocycles. The molecular formula is C16H32O5P+. The first-order chi connectivity index (χ1) is 10.6. The van der Waals surface area contributed by atoms with E-state index in [0.717, 1.165) is 38.5 Å². The Hall–Kier alpha value is -0.510. The molecule has 5 nitrogen and oxygen atoms in total. The van der Waals surface area contributed by atoms with Crippen molar-refractivity contribution in [2.45, 2.75) is 91.3 Å². The van der Waals surface area contributed by atoms with E-state index in [-0.39, 0.29) is 0 Å². The summed E-state index contributed by atoms with van der Waals surface area (Å²) in [6.45, 7) is 6.04. The van der Waals surface area contributed by atoms with Gasteiger partial charge in [-0.05, 0) is 12.8 Å². The van der Waals surface area contributed by atoms with Gasteiger partial charge < -0.3 is 4.74 Å². The highest BCUT2D eigenvalue weighted by molar-refractivity contribution is 7.33. The molecule has 0 spiro atoms. The topological polar surface area (TPSA) is 61.8 Å². The zero-order valence-corrected chi connectivity index (χ0v) is 15.2. The van der Waals surface area contributed by atoms with E-state index in [1.54, 1.807) is 0 Å². The first-order valence-electron chi connectivity index (χ1n) is 8.54. The molecule has 0 radical (unpaired) electrons. The van der Waals surface area contributed by atoms with Crippen LogP contribution < -0.4 is 0 Å². The van der Waals surface area contributed by atoms with Crippen molar-refractivity contribution in [3.05, 3.63) is 0 Å². The average molecular weight is 335 g/mol. The zero-order chi connectivity index (χ0) is 16.6. The van der Waals surface area contributed by atoms with E-state index in [4.69, 9.17) is 13.8 Å². The summed E-state index contributed by atoms with van der Waals surface area (Å²) in [5, 5.41) is 0. The van der Waals surface area contributed by atoms with Gasteiger partial charge in [-0.3, -0.25) is 4.79 Å². The summed E-state index contributed by atoms with van der Waals surface area (Å²) >= 11 is 0. The van der Waals surface area contributed by atoms with Crippen LogP contribution in [0.15, 0.2) is 0 Å². The lowest BCUT2D eigenvalue weighted by Gasteiger charge is -2.10. The fraction of sp³-hybridized carbons (Fsp3) is 0.938. The van der Waals surface area contributed by atoms with Gasteiger partial charge in [0.05, 0.1) is 0 Å². The normalized spacial score (nSPS) is 13.0. The Morgan fingerprint density at radius 2 is 1.55 bits per heavy atom. The highest BCUT2D eigenvalue weighted by atomic mass is 31.1. The second-order valence-electron chi connectivity index (χ2n) is 5.46. The van der Waals surface area contributed by atoms with Crippen LogP contribution in [0.3, 0.4) is 0 Å². The minimum absolute atomic E-state index is 0.418. The lowest BCUT2D eigenvalue weighted by Crippen LogP contribution is -2.17. The van der Waals surface area contributed by atoms with Crippen molar-refractivity contribution in [1.29, 1.82) is 0 Å². The molecule has 0 aliphatic heterocycles. The Bertz CT molecular complexity index is 296. The van der Waals surface area contributed by atoms with E-state index >= 15 is 0 Å². The molecule has 0 aromatic carbocycles. The molecule has 0 bridgehead atoms. The van der Waals surface area contributed by atoms with Gasteiger partial charge in [0.2, 0.25) is 0 Å². The third-order valence-corrected chi connectivity index (χ3v) is 4.04. The number of carbonyl (C=O) groups is 1. The highest BCUT2D eigenvalue weighted by Crippen LogP contribution is 2.29. The summed E-state index contributed by atoms with van der Waals surface area (Å²) in [7, 11) is -2.23. The van der Waals surface area contributed by atoms with Gasteiger partial charge in [0.25, 0.3) is 6.29 Å². The van der Waals surface area contributed by atoms with E-state index in [0.29, 0.717) is 13.0 Å². The number of carbonyl (C=O) groups excluding carboxylic acids is 1. The van der Waals surface area contributed by atoms with Crippen molar-refractivity contribution < 1.29 is 23.1 Å². The molecule has 0 aliphatic rings. The van der Waals surface area contributed by atoms with Crippen LogP contribution in [-0.2, 0) is 23.1 Å². The Kier molecular flexibility index (Phi) is 15.0. The van der Waals surface area contributed by atoms with Gasteiger partial charge in [-0.15, -0.1) is 4.52 Å². The summed E-state index contributed by atoms with van der Waals surface area (Å²) in [4.78, 5) is 11.0. The number of rotatable bonds is 15. The first kappa shape index (κ1) is 21.5. The minimum atomic E-state index is -2.23. The smallest absolute Gasteiger partial charge is 0.431 e. The lowest BCUT2D eigenvalue weighted by atomic mass is 10.1. The quantitative estimate of drug-likeness (QED) is 0.171. The van der Waals surface area contributed by atoms with Crippen LogP contribution in [-0.4, -0.2) is 18.9 Å². The van der Waals surface area contributed by atoms with Crippen molar-refractivity contribution >= 4 is 14.2 Å². The minimum Gasteiger partial charge on any atom is -0.431 e. The number of unbranched alkanes of at least 4 members (excludes halogenated alkanes) is 7. The molecule has 22 heavy (non-hydrogen) atoms. The Morgan fingerprint density at radius 1 is 0.955 bits per heavy atom. The molecule has 0 fully saturated rings. The summed E-state index contributed by atoms with van der Waals surface area (Å²) in [5.41, 5.74) is 0. The van der Waals surface area contributed by atoms with Gasteiger partial charge in [-0.2, -0.15) is 0 Å². The van der Waals surface area contributed by atoms with Gasteiger partial charge >= 0.3 is 14.2 Å².